The first-order valence-electron chi connectivity index (χ1n) is 9.38. The number of nitrogens with zero attached hydrogens (tertiary/aromatic N) is 2. The van der Waals surface area contributed by atoms with Crippen molar-refractivity contribution >= 4 is 5.91 Å². The van der Waals surface area contributed by atoms with Crippen molar-refractivity contribution in [3.8, 4) is 0 Å². The highest BCUT2D eigenvalue weighted by Gasteiger charge is 2.52. The van der Waals surface area contributed by atoms with Gasteiger partial charge in [0, 0.05) is 57.7 Å². The van der Waals surface area contributed by atoms with E-state index in [1.54, 1.807) is 6.20 Å². The summed E-state index contributed by atoms with van der Waals surface area (Å²) >= 11 is 0. The van der Waals surface area contributed by atoms with Gasteiger partial charge in [-0.15, -0.1) is 0 Å². The molecule has 2 aliphatic heterocycles. The summed E-state index contributed by atoms with van der Waals surface area (Å²) in [6.45, 7) is 3.89. The largest absolute Gasteiger partial charge is 0.372 e. The minimum absolute atomic E-state index is 0.108. The molecule has 1 spiro atoms. The maximum Gasteiger partial charge on any atom is 0.249 e. The molecule has 5 nitrogen and oxygen atoms in total. The van der Waals surface area contributed by atoms with Crippen molar-refractivity contribution in [1.29, 1.82) is 0 Å². The minimum Gasteiger partial charge on any atom is -0.372 e. The van der Waals surface area contributed by atoms with E-state index < -0.39 is 11.8 Å². The van der Waals surface area contributed by atoms with Gasteiger partial charge in [-0.3, -0.25) is 14.7 Å². The van der Waals surface area contributed by atoms with E-state index in [4.69, 9.17) is 4.74 Å². The number of alkyl halides is 2. The number of ether oxygens (including phenoxy) is 1. The van der Waals surface area contributed by atoms with E-state index in [1.807, 2.05) is 18.2 Å². The van der Waals surface area contributed by atoms with Gasteiger partial charge in [0.1, 0.15) is 0 Å². The van der Waals surface area contributed by atoms with Crippen LogP contribution >= 0.6 is 0 Å². The molecule has 1 N–H and O–H groups in total. The third-order valence-electron chi connectivity index (χ3n) is 5.95. The summed E-state index contributed by atoms with van der Waals surface area (Å²) in [5, 5.41) is 2.83. The quantitative estimate of drug-likeness (QED) is 0.840. The number of pyridine rings is 1. The van der Waals surface area contributed by atoms with Crippen molar-refractivity contribution in [2.45, 2.75) is 43.8 Å². The maximum absolute atomic E-state index is 12.9. The van der Waals surface area contributed by atoms with Crippen LogP contribution in [0.4, 0.5) is 8.78 Å². The summed E-state index contributed by atoms with van der Waals surface area (Å²) in [6, 6.07) is 5.93. The number of hydrogen-bond donors (Lipinski definition) is 1. The fraction of sp³-hybridized carbons (Fsp3) is 0.684. The van der Waals surface area contributed by atoms with Gasteiger partial charge >= 0.3 is 0 Å². The van der Waals surface area contributed by atoms with Crippen molar-refractivity contribution in [1.82, 2.24) is 15.2 Å². The molecule has 4 rings (SSSR count). The summed E-state index contributed by atoms with van der Waals surface area (Å²) < 4.78 is 31.8. The Hall–Kier alpha value is -1.60. The zero-order valence-electron chi connectivity index (χ0n) is 14.8. The van der Waals surface area contributed by atoms with Gasteiger partial charge in [0.25, 0.3) is 0 Å². The number of halogens is 2. The lowest BCUT2D eigenvalue weighted by atomic mass is 9.78. The molecule has 1 atom stereocenters. The summed E-state index contributed by atoms with van der Waals surface area (Å²) in [7, 11) is 0. The molecule has 2 saturated heterocycles. The third kappa shape index (κ3) is 3.60. The molecule has 1 aromatic heterocycles. The molecule has 1 aliphatic carbocycles. The Morgan fingerprint density at radius 3 is 2.85 bits per heavy atom. The summed E-state index contributed by atoms with van der Waals surface area (Å²) in [5.41, 5.74) is 0.949. The van der Waals surface area contributed by atoms with Crippen LogP contribution in [0.5, 0.6) is 0 Å². The molecule has 26 heavy (non-hydrogen) atoms. The van der Waals surface area contributed by atoms with E-state index >= 15 is 0 Å². The highest BCUT2D eigenvalue weighted by Crippen LogP contribution is 2.43. The third-order valence-corrected chi connectivity index (χ3v) is 5.95. The second-order valence-electron chi connectivity index (χ2n) is 7.91. The van der Waals surface area contributed by atoms with E-state index in [0.717, 1.165) is 44.8 Å². The predicted molar refractivity (Wildman–Crippen MR) is 91.6 cm³/mol. The van der Waals surface area contributed by atoms with Crippen LogP contribution in [0.3, 0.4) is 0 Å². The zero-order chi connectivity index (χ0) is 18.2. The topological polar surface area (TPSA) is 54.5 Å². The summed E-state index contributed by atoms with van der Waals surface area (Å²) in [5.74, 6) is -2.98. The fourth-order valence-electron chi connectivity index (χ4n) is 4.45. The van der Waals surface area contributed by atoms with Gasteiger partial charge in [-0.05, 0) is 30.9 Å². The second kappa shape index (κ2) is 6.85. The van der Waals surface area contributed by atoms with Crippen molar-refractivity contribution in [3.63, 3.8) is 0 Å². The normalized spacial score (nSPS) is 27.1. The van der Waals surface area contributed by atoms with Gasteiger partial charge in [-0.1, -0.05) is 6.07 Å². The van der Waals surface area contributed by atoms with Crippen LogP contribution < -0.4 is 5.32 Å². The van der Waals surface area contributed by atoms with Gasteiger partial charge in [0.05, 0.1) is 11.3 Å². The number of aromatic nitrogens is 1. The van der Waals surface area contributed by atoms with Gasteiger partial charge in [-0.2, -0.15) is 0 Å². The van der Waals surface area contributed by atoms with E-state index in [1.165, 1.54) is 0 Å². The molecular weight excluding hydrogens is 340 g/mol. The smallest absolute Gasteiger partial charge is 0.249 e. The van der Waals surface area contributed by atoms with Gasteiger partial charge in [-0.25, -0.2) is 8.78 Å². The first-order chi connectivity index (χ1) is 12.5. The van der Waals surface area contributed by atoms with E-state index in [-0.39, 0.29) is 24.3 Å². The Labute approximate surface area is 152 Å². The Morgan fingerprint density at radius 1 is 1.35 bits per heavy atom. The maximum atomic E-state index is 12.9. The SMILES string of the molecule is O=C(NCCC1CCOC12CN(Cc1ccccn1)C2)C1CC(F)(F)C1. The molecule has 142 valence electrons. The molecule has 3 fully saturated rings. The summed E-state index contributed by atoms with van der Waals surface area (Å²) in [4.78, 5) is 18.6. The lowest BCUT2D eigenvalue weighted by Gasteiger charge is -2.50. The molecule has 0 radical (unpaired) electrons. The molecule has 3 aliphatic rings. The lowest BCUT2D eigenvalue weighted by Crippen LogP contribution is -2.64. The Morgan fingerprint density at radius 2 is 2.15 bits per heavy atom. The second-order valence-corrected chi connectivity index (χ2v) is 7.91. The fourth-order valence-corrected chi connectivity index (χ4v) is 4.45. The Kier molecular flexibility index (Phi) is 4.69. The molecule has 0 aromatic carbocycles. The molecular formula is C19H25F2N3O2. The number of rotatable bonds is 6. The molecule has 1 saturated carbocycles. The van der Waals surface area contributed by atoms with Gasteiger partial charge in [0.2, 0.25) is 11.8 Å². The van der Waals surface area contributed by atoms with Crippen LogP contribution in [-0.4, -0.2) is 53.6 Å². The highest BCUT2D eigenvalue weighted by atomic mass is 19.3. The Balaban J connectivity index is 1.20. The molecule has 7 heteroatoms. The van der Waals surface area contributed by atoms with Crippen molar-refractivity contribution in [2.75, 3.05) is 26.2 Å². The predicted octanol–water partition coefficient (Wildman–Crippen LogP) is 2.22. The van der Waals surface area contributed by atoms with Crippen LogP contribution in [0.25, 0.3) is 0 Å². The minimum atomic E-state index is -2.64. The number of carbonyl (C=O) groups excluding carboxylic acids is 1. The average molecular weight is 365 g/mol. The zero-order valence-corrected chi connectivity index (χ0v) is 14.8. The van der Waals surface area contributed by atoms with Crippen LogP contribution in [0.1, 0.15) is 31.4 Å². The first kappa shape index (κ1) is 17.8. The molecule has 1 unspecified atom stereocenters. The van der Waals surface area contributed by atoms with Crippen LogP contribution in [0.2, 0.25) is 0 Å². The van der Waals surface area contributed by atoms with Crippen LogP contribution in [-0.2, 0) is 16.1 Å². The van der Waals surface area contributed by atoms with E-state index in [9.17, 15) is 13.6 Å². The number of hydrogen-bond acceptors (Lipinski definition) is 4. The van der Waals surface area contributed by atoms with Gasteiger partial charge < -0.3 is 10.1 Å². The average Bonchev–Trinajstić information content (AvgIpc) is 2.97. The number of amides is 1. The van der Waals surface area contributed by atoms with E-state index in [0.29, 0.717) is 12.5 Å². The van der Waals surface area contributed by atoms with E-state index in [2.05, 4.69) is 15.2 Å². The lowest BCUT2D eigenvalue weighted by molar-refractivity contribution is -0.150. The van der Waals surface area contributed by atoms with Crippen LogP contribution in [0.15, 0.2) is 24.4 Å². The molecule has 1 amide bonds. The molecule has 3 heterocycles. The standard InChI is InChI=1S/C19H25F2N3O2/c20-19(21)9-14(10-19)17(25)23-7-4-15-5-8-26-18(15)12-24(13-18)11-16-3-1-2-6-22-16/h1-3,6,14-15H,4-5,7-13H2,(H,23,25). The monoisotopic (exact) mass is 365 g/mol. The number of likely N-dealkylation sites (tertiary alicyclic amines) is 1. The number of nitrogens with one attached hydrogen (secondary N) is 1. The Bertz CT molecular complexity index is 641. The van der Waals surface area contributed by atoms with Crippen molar-refractivity contribution < 1.29 is 18.3 Å². The van der Waals surface area contributed by atoms with Crippen molar-refractivity contribution in [3.05, 3.63) is 30.1 Å². The summed E-state index contributed by atoms with van der Waals surface area (Å²) in [6.07, 6.45) is 3.02. The molecule has 1 aromatic rings. The van der Waals surface area contributed by atoms with Crippen molar-refractivity contribution in [2.24, 2.45) is 11.8 Å². The van der Waals surface area contributed by atoms with Crippen LogP contribution in [0, 0.1) is 11.8 Å². The van der Waals surface area contributed by atoms with Gasteiger partial charge in [0.15, 0.2) is 0 Å². The highest BCUT2D eigenvalue weighted by molar-refractivity contribution is 5.79. The molecule has 0 bridgehead atoms. The first-order valence-corrected chi connectivity index (χ1v) is 9.38. The number of carbonyl (C=O) groups is 1.